The van der Waals surface area contributed by atoms with E-state index in [2.05, 4.69) is 20.3 Å². The number of benzene rings is 1. The molecule has 0 saturated carbocycles. The smallest absolute Gasteiger partial charge is 0.349 e. The molecule has 2 bridgehead atoms. The molecule has 6 nitrogen and oxygen atoms in total. The molecule has 2 aliphatic heterocycles. The van der Waals surface area contributed by atoms with Crippen molar-refractivity contribution < 1.29 is 22.4 Å². The maximum absolute atomic E-state index is 14.8. The van der Waals surface area contributed by atoms with E-state index in [1.54, 1.807) is 35.4 Å². The van der Waals surface area contributed by atoms with Gasteiger partial charge in [0.05, 0.1) is 28.9 Å². The Morgan fingerprint density at radius 2 is 1.82 bits per heavy atom. The van der Waals surface area contributed by atoms with Crippen LogP contribution in [-0.4, -0.2) is 43.9 Å². The molecule has 2 aromatic heterocycles. The van der Waals surface area contributed by atoms with Crippen molar-refractivity contribution in [3.05, 3.63) is 71.9 Å². The zero-order chi connectivity index (χ0) is 23.2. The highest BCUT2D eigenvalue weighted by atomic mass is 19.4. The predicted octanol–water partition coefficient (Wildman–Crippen LogP) is 4.55. The zero-order valence-corrected chi connectivity index (χ0v) is 17.3. The lowest BCUT2D eigenvalue weighted by molar-refractivity contribution is -0.138. The van der Waals surface area contributed by atoms with Crippen LogP contribution in [0.25, 0.3) is 11.3 Å². The van der Waals surface area contributed by atoms with Crippen LogP contribution in [-0.2, 0) is 6.18 Å². The summed E-state index contributed by atoms with van der Waals surface area (Å²) in [4.78, 5) is 27.1. The Balaban J connectivity index is 1.39. The van der Waals surface area contributed by atoms with E-state index in [-0.39, 0.29) is 41.1 Å². The molecular formula is C23H19F4N5O. The lowest BCUT2D eigenvalue weighted by atomic mass is 9.96. The molecule has 3 atom stereocenters. The highest BCUT2D eigenvalue weighted by Gasteiger charge is 2.49. The van der Waals surface area contributed by atoms with E-state index in [1.165, 1.54) is 12.1 Å². The number of alkyl halides is 3. The number of hydrogen-bond acceptors (Lipinski definition) is 5. The van der Waals surface area contributed by atoms with Crippen molar-refractivity contribution in [1.82, 2.24) is 19.9 Å². The maximum Gasteiger partial charge on any atom is 0.419 e. The number of fused-ring (bicyclic) bond motifs is 2. The maximum atomic E-state index is 14.8. The normalized spacial score (nSPS) is 21.9. The first-order valence-corrected chi connectivity index (χ1v) is 10.5. The van der Waals surface area contributed by atoms with Crippen molar-refractivity contribution in [3.8, 4) is 11.3 Å². The summed E-state index contributed by atoms with van der Waals surface area (Å²) in [6.45, 7) is 0. The Hall–Kier alpha value is -3.56. The molecule has 0 spiro atoms. The molecule has 0 radical (unpaired) electrons. The second-order valence-electron chi connectivity index (χ2n) is 8.17. The van der Waals surface area contributed by atoms with Crippen molar-refractivity contribution in [2.45, 2.75) is 43.6 Å². The van der Waals surface area contributed by atoms with E-state index in [1.807, 2.05) is 0 Å². The first-order chi connectivity index (χ1) is 15.8. The van der Waals surface area contributed by atoms with Gasteiger partial charge in [-0.25, -0.2) is 14.4 Å². The second-order valence-corrected chi connectivity index (χ2v) is 8.17. The number of carbonyl (C=O) groups excluding carboxylic acids is 1. The fourth-order valence-corrected chi connectivity index (χ4v) is 4.79. The molecule has 0 aliphatic carbocycles. The number of amides is 1. The van der Waals surface area contributed by atoms with Crippen LogP contribution in [0.4, 0.5) is 23.5 Å². The van der Waals surface area contributed by atoms with Gasteiger partial charge in [-0.3, -0.25) is 9.78 Å². The molecule has 1 aromatic carbocycles. The molecular weight excluding hydrogens is 438 g/mol. The van der Waals surface area contributed by atoms with E-state index in [9.17, 15) is 22.4 Å². The average Bonchev–Trinajstić information content (AvgIpc) is 3.36. The van der Waals surface area contributed by atoms with Gasteiger partial charge < -0.3 is 10.2 Å². The summed E-state index contributed by atoms with van der Waals surface area (Å²) in [5.74, 6) is -0.743. The van der Waals surface area contributed by atoms with Gasteiger partial charge in [-0.2, -0.15) is 13.2 Å². The van der Waals surface area contributed by atoms with Crippen molar-refractivity contribution >= 4 is 11.9 Å². The number of carbonyl (C=O) groups is 1. The van der Waals surface area contributed by atoms with Crippen LogP contribution in [0.1, 0.15) is 35.2 Å². The summed E-state index contributed by atoms with van der Waals surface area (Å²) in [5.41, 5.74) is -0.161. The SMILES string of the molecule is O=C(c1cccc(F)c1-c1ccccn1)N1[C@@H]2CC[C@H]1[C@H](Nc1ncc(C(F)(F)F)cn1)C2. The first kappa shape index (κ1) is 21.3. The van der Waals surface area contributed by atoms with Crippen LogP contribution in [0.2, 0.25) is 0 Å². The molecule has 33 heavy (non-hydrogen) atoms. The average molecular weight is 457 g/mol. The van der Waals surface area contributed by atoms with E-state index in [0.29, 0.717) is 12.1 Å². The first-order valence-electron chi connectivity index (χ1n) is 10.5. The third kappa shape index (κ3) is 3.90. The minimum Gasteiger partial charge on any atom is -0.349 e. The Morgan fingerprint density at radius 3 is 2.52 bits per heavy atom. The van der Waals surface area contributed by atoms with Gasteiger partial charge in [0, 0.05) is 30.2 Å². The number of pyridine rings is 1. The Labute approximate surface area is 186 Å². The van der Waals surface area contributed by atoms with Crippen LogP contribution < -0.4 is 5.32 Å². The summed E-state index contributed by atoms with van der Waals surface area (Å²) in [7, 11) is 0. The highest BCUT2D eigenvalue weighted by Crippen LogP contribution is 2.41. The van der Waals surface area contributed by atoms with E-state index in [0.717, 1.165) is 25.2 Å². The molecule has 4 heterocycles. The largest absolute Gasteiger partial charge is 0.419 e. The Kier molecular flexibility index (Phi) is 5.22. The van der Waals surface area contributed by atoms with E-state index < -0.39 is 17.6 Å². The van der Waals surface area contributed by atoms with Gasteiger partial charge in [0.15, 0.2) is 0 Å². The molecule has 3 aromatic rings. The summed E-state index contributed by atoms with van der Waals surface area (Å²) in [6.07, 6.45) is 0.632. The van der Waals surface area contributed by atoms with Gasteiger partial charge in [-0.1, -0.05) is 12.1 Å². The number of aromatic nitrogens is 3. The van der Waals surface area contributed by atoms with Crippen molar-refractivity contribution in [3.63, 3.8) is 0 Å². The molecule has 2 aliphatic rings. The van der Waals surface area contributed by atoms with E-state index >= 15 is 0 Å². The van der Waals surface area contributed by atoms with Crippen LogP contribution in [0, 0.1) is 5.82 Å². The predicted molar refractivity (Wildman–Crippen MR) is 112 cm³/mol. The number of halogens is 4. The fourth-order valence-electron chi connectivity index (χ4n) is 4.79. The molecule has 2 fully saturated rings. The molecule has 1 amide bonds. The minimum atomic E-state index is -4.51. The van der Waals surface area contributed by atoms with Crippen LogP contribution in [0.3, 0.4) is 0 Å². The van der Waals surface area contributed by atoms with Crippen molar-refractivity contribution in [2.24, 2.45) is 0 Å². The third-order valence-corrected chi connectivity index (χ3v) is 6.23. The van der Waals surface area contributed by atoms with Gasteiger partial charge in [-0.05, 0) is 43.5 Å². The number of hydrogen-bond donors (Lipinski definition) is 1. The Morgan fingerprint density at radius 1 is 1.03 bits per heavy atom. The minimum absolute atomic E-state index is 0.0608. The number of nitrogens with zero attached hydrogens (tertiary/aromatic N) is 4. The van der Waals surface area contributed by atoms with Gasteiger partial charge in [0.25, 0.3) is 5.91 Å². The van der Waals surface area contributed by atoms with Crippen LogP contribution in [0.15, 0.2) is 55.0 Å². The number of nitrogens with one attached hydrogen (secondary N) is 1. The standard InChI is InChI=1S/C23H19F4N5O/c24-16-5-3-4-15(20(16)17-6-1-2-9-28-17)21(33)32-14-7-8-19(32)18(10-14)31-22-29-11-13(12-30-22)23(25,26)27/h1-6,9,11-12,14,18-19H,7-8,10H2,(H,29,30,31)/t14-,18-,19+/m1/s1. The quantitative estimate of drug-likeness (QED) is 0.582. The molecule has 1 N–H and O–H groups in total. The summed E-state index contributed by atoms with van der Waals surface area (Å²) in [5, 5.41) is 3.08. The lowest BCUT2D eigenvalue weighted by Gasteiger charge is -2.26. The lowest BCUT2D eigenvalue weighted by Crippen LogP contribution is -2.40. The monoisotopic (exact) mass is 457 g/mol. The van der Waals surface area contributed by atoms with Gasteiger partial charge >= 0.3 is 6.18 Å². The Bertz CT molecular complexity index is 1170. The van der Waals surface area contributed by atoms with E-state index in [4.69, 9.17) is 0 Å². The molecule has 5 rings (SSSR count). The van der Waals surface area contributed by atoms with Crippen molar-refractivity contribution in [1.29, 1.82) is 0 Å². The van der Waals surface area contributed by atoms with Crippen LogP contribution >= 0.6 is 0 Å². The van der Waals surface area contributed by atoms with Gasteiger partial charge in [0.1, 0.15) is 5.82 Å². The molecule has 10 heteroatoms. The van der Waals surface area contributed by atoms with Gasteiger partial charge in [0.2, 0.25) is 5.95 Å². The molecule has 0 unspecified atom stereocenters. The summed E-state index contributed by atoms with van der Waals surface area (Å²) in [6, 6.07) is 9.01. The molecule has 170 valence electrons. The summed E-state index contributed by atoms with van der Waals surface area (Å²) >= 11 is 0. The van der Waals surface area contributed by atoms with Gasteiger partial charge in [-0.15, -0.1) is 0 Å². The second kappa shape index (κ2) is 8.09. The fraction of sp³-hybridized carbons (Fsp3) is 0.304. The zero-order valence-electron chi connectivity index (χ0n) is 17.3. The van der Waals surface area contributed by atoms with Crippen LogP contribution in [0.5, 0.6) is 0 Å². The summed E-state index contributed by atoms with van der Waals surface area (Å²) < 4.78 is 53.0. The molecule has 2 saturated heterocycles. The highest BCUT2D eigenvalue weighted by molar-refractivity contribution is 6.01. The van der Waals surface area contributed by atoms with Crippen molar-refractivity contribution in [2.75, 3.05) is 5.32 Å². The topological polar surface area (TPSA) is 71.0 Å². The number of anilines is 1. The number of rotatable bonds is 4. The third-order valence-electron chi connectivity index (χ3n) is 6.23.